The minimum Gasteiger partial charge on any atom is -0.355 e. The van der Waals surface area contributed by atoms with E-state index in [1.807, 2.05) is 18.4 Å². The van der Waals surface area contributed by atoms with Crippen molar-refractivity contribution in [2.24, 2.45) is 5.92 Å². The number of rotatable bonds is 4. The standard InChI is InChI=1S/C18H16F3N3O2S/c1-27-14-5-3-2-4-13(14)24-17(26)15-11(9-23-16(15)25)12-7-6-10(8-22-12)18(19,20)21/h2-8,11,15H,9H2,1H3,(H,23,25)(H,24,26)/t11-,15-/m1/s1. The van der Waals surface area contributed by atoms with Gasteiger partial charge in [0, 0.05) is 29.2 Å². The molecule has 0 bridgehead atoms. The van der Waals surface area contributed by atoms with Gasteiger partial charge >= 0.3 is 6.18 Å². The summed E-state index contributed by atoms with van der Waals surface area (Å²) in [5.41, 5.74) is -0.0353. The summed E-state index contributed by atoms with van der Waals surface area (Å²) in [5.74, 6) is -2.69. The van der Waals surface area contributed by atoms with Gasteiger partial charge in [-0.2, -0.15) is 13.2 Å². The minimum absolute atomic E-state index is 0.138. The van der Waals surface area contributed by atoms with E-state index >= 15 is 0 Å². The zero-order valence-electron chi connectivity index (χ0n) is 14.2. The van der Waals surface area contributed by atoms with Crippen molar-refractivity contribution in [3.8, 4) is 0 Å². The van der Waals surface area contributed by atoms with Crippen LogP contribution in [0.3, 0.4) is 0 Å². The van der Waals surface area contributed by atoms with Gasteiger partial charge in [0.15, 0.2) is 0 Å². The molecular formula is C18H16F3N3O2S. The van der Waals surface area contributed by atoms with E-state index in [0.29, 0.717) is 5.69 Å². The first-order chi connectivity index (χ1) is 12.8. The molecule has 0 spiro atoms. The maximum absolute atomic E-state index is 12.7. The molecule has 2 heterocycles. The number of hydrogen-bond donors (Lipinski definition) is 2. The van der Waals surface area contributed by atoms with Gasteiger partial charge < -0.3 is 10.6 Å². The van der Waals surface area contributed by atoms with Crippen LogP contribution >= 0.6 is 11.8 Å². The van der Waals surface area contributed by atoms with Crippen molar-refractivity contribution in [1.82, 2.24) is 10.3 Å². The van der Waals surface area contributed by atoms with Gasteiger partial charge in [0.05, 0.1) is 11.3 Å². The number of para-hydroxylation sites is 1. The lowest BCUT2D eigenvalue weighted by Crippen LogP contribution is -2.32. The Labute approximate surface area is 157 Å². The van der Waals surface area contributed by atoms with Gasteiger partial charge in [-0.25, -0.2) is 0 Å². The van der Waals surface area contributed by atoms with Crippen LogP contribution in [0.25, 0.3) is 0 Å². The summed E-state index contributed by atoms with van der Waals surface area (Å²) in [5, 5.41) is 5.33. The average molecular weight is 395 g/mol. The molecule has 1 aromatic carbocycles. The molecule has 142 valence electrons. The first-order valence-corrected chi connectivity index (χ1v) is 9.28. The molecule has 2 aromatic rings. The number of carbonyl (C=O) groups excluding carboxylic acids is 2. The summed E-state index contributed by atoms with van der Waals surface area (Å²) >= 11 is 1.45. The van der Waals surface area contributed by atoms with Crippen molar-refractivity contribution in [3.63, 3.8) is 0 Å². The average Bonchev–Trinajstić information content (AvgIpc) is 3.03. The third-order valence-corrected chi connectivity index (χ3v) is 5.12. The van der Waals surface area contributed by atoms with E-state index in [9.17, 15) is 22.8 Å². The van der Waals surface area contributed by atoms with Crippen LogP contribution in [0, 0.1) is 5.92 Å². The van der Waals surface area contributed by atoms with Crippen LogP contribution in [0.5, 0.6) is 0 Å². The predicted octanol–water partition coefficient (Wildman–Crippen LogP) is 3.29. The summed E-state index contributed by atoms with van der Waals surface area (Å²) in [7, 11) is 0. The second-order valence-corrected chi connectivity index (χ2v) is 6.84. The molecule has 2 N–H and O–H groups in total. The van der Waals surface area contributed by atoms with E-state index < -0.39 is 35.4 Å². The Bertz CT molecular complexity index is 856. The Kier molecular flexibility index (Phi) is 5.41. The first-order valence-electron chi connectivity index (χ1n) is 8.06. The van der Waals surface area contributed by atoms with Crippen molar-refractivity contribution < 1.29 is 22.8 Å². The SMILES string of the molecule is CSc1ccccc1NC(=O)[C@H]1C(=O)NC[C@@H]1c1ccc(C(F)(F)F)cn1. The van der Waals surface area contributed by atoms with E-state index in [0.717, 1.165) is 17.2 Å². The Morgan fingerprint density at radius 2 is 2.00 bits per heavy atom. The molecule has 0 aliphatic carbocycles. The molecule has 1 saturated heterocycles. The van der Waals surface area contributed by atoms with Crippen LogP contribution < -0.4 is 10.6 Å². The number of alkyl halides is 3. The van der Waals surface area contributed by atoms with Crippen molar-refractivity contribution in [3.05, 3.63) is 53.9 Å². The summed E-state index contributed by atoms with van der Waals surface area (Å²) in [4.78, 5) is 29.6. The predicted molar refractivity (Wildman–Crippen MR) is 95.3 cm³/mol. The molecule has 0 radical (unpaired) electrons. The second kappa shape index (κ2) is 7.59. The molecule has 1 fully saturated rings. The summed E-state index contributed by atoms with van der Waals surface area (Å²) < 4.78 is 38.1. The van der Waals surface area contributed by atoms with Crippen molar-refractivity contribution in [2.75, 3.05) is 18.1 Å². The van der Waals surface area contributed by atoms with Crippen LogP contribution in [0.4, 0.5) is 18.9 Å². The number of nitrogens with zero attached hydrogens (tertiary/aromatic N) is 1. The lowest BCUT2D eigenvalue weighted by molar-refractivity contribution is -0.138. The van der Waals surface area contributed by atoms with Crippen LogP contribution in [-0.4, -0.2) is 29.6 Å². The maximum Gasteiger partial charge on any atom is 0.417 e. The fourth-order valence-corrected chi connectivity index (χ4v) is 3.50. The molecule has 0 unspecified atom stereocenters. The molecular weight excluding hydrogens is 379 g/mol. The summed E-state index contributed by atoms with van der Waals surface area (Å²) in [6.07, 6.45) is -1.91. The Morgan fingerprint density at radius 3 is 2.63 bits per heavy atom. The van der Waals surface area contributed by atoms with Crippen LogP contribution in [-0.2, 0) is 15.8 Å². The third-order valence-electron chi connectivity index (χ3n) is 4.32. The Balaban J connectivity index is 1.83. The smallest absolute Gasteiger partial charge is 0.355 e. The quantitative estimate of drug-likeness (QED) is 0.616. The zero-order valence-corrected chi connectivity index (χ0v) is 15.0. The van der Waals surface area contributed by atoms with Gasteiger partial charge in [-0.3, -0.25) is 14.6 Å². The van der Waals surface area contributed by atoms with E-state index in [2.05, 4.69) is 15.6 Å². The van der Waals surface area contributed by atoms with Crippen LogP contribution in [0.1, 0.15) is 17.2 Å². The number of carbonyl (C=O) groups is 2. The fourth-order valence-electron chi connectivity index (χ4n) is 2.95. The normalized spacial score (nSPS) is 19.6. The largest absolute Gasteiger partial charge is 0.417 e. The molecule has 1 aliphatic heterocycles. The molecule has 27 heavy (non-hydrogen) atoms. The molecule has 1 aromatic heterocycles. The Hall–Kier alpha value is -2.55. The fraction of sp³-hybridized carbons (Fsp3) is 0.278. The van der Waals surface area contributed by atoms with Crippen LogP contribution in [0.2, 0.25) is 0 Å². The number of amides is 2. The number of anilines is 1. The van der Waals surface area contributed by atoms with Crippen molar-refractivity contribution >= 4 is 29.3 Å². The van der Waals surface area contributed by atoms with E-state index in [1.165, 1.54) is 17.8 Å². The van der Waals surface area contributed by atoms with Gasteiger partial charge in [-0.1, -0.05) is 12.1 Å². The van der Waals surface area contributed by atoms with Gasteiger partial charge in [-0.05, 0) is 30.5 Å². The second-order valence-electron chi connectivity index (χ2n) is 5.99. The number of pyridine rings is 1. The topological polar surface area (TPSA) is 71.1 Å². The molecule has 5 nitrogen and oxygen atoms in total. The third kappa shape index (κ3) is 4.08. The zero-order chi connectivity index (χ0) is 19.6. The lowest BCUT2D eigenvalue weighted by atomic mass is 9.91. The number of aromatic nitrogens is 1. The van der Waals surface area contributed by atoms with Crippen molar-refractivity contribution in [1.29, 1.82) is 0 Å². The Morgan fingerprint density at radius 1 is 1.26 bits per heavy atom. The maximum atomic E-state index is 12.7. The monoisotopic (exact) mass is 395 g/mol. The van der Waals surface area contributed by atoms with Crippen LogP contribution in [0.15, 0.2) is 47.5 Å². The number of nitrogens with one attached hydrogen (secondary N) is 2. The highest BCUT2D eigenvalue weighted by Crippen LogP contribution is 2.33. The summed E-state index contributed by atoms with van der Waals surface area (Å²) in [6, 6.07) is 9.27. The minimum atomic E-state index is -4.49. The molecule has 9 heteroatoms. The number of benzene rings is 1. The molecule has 2 amide bonds. The number of thioether (sulfide) groups is 1. The van der Waals surface area contributed by atoms with Gasteiger partial charge in [0.2, 0.25) is 11.8 Å². The van der Waals surface area contributed by atoms with E-state index in [1.54, 1.807) is 12.1 Å². The number of hydrogen-bond acceptors (Lipinski definition) is 4. The first kappa shape index (κ1) is 19.2. The highest BCUT2D eigenvalue weighted by molar-refractivity contribution is 7.98. The molecule has 2 atom stereocenters. The molecule has 0 saturated carbocycles. The van der Waals surface area contributed by atoms with Gasteiger partial charge in [0.1, 0.15) is 5.92 Å². The van der Waals surface area contributed by atoms with Gasteiger partial charge in [0.25, 0.3) is 0 Å². The summed E-state index contributed by atoms with van der Waals surface area (Å²) in [6.45, 7) is 0.138. The number of halogens is 3. The highest BCUT2D eigenvalue weighted by atomic mass is 32.2. The lowest BCUT2D eigenvalue weighted by Gasteiger charge is -2.17. The van der Waals surface area contributed by atoms with Crippen molar-refractivity contribution in [2.45, 2.75) is 17.0 Å². The van der Waals surface area contributed by atoms with E-state index in [-0.39, 0.29) is 12.2 Å². The molecule has 1 aliphatic rings. The molecule has 3 rings (SSSR count). The van der Waals surface area contributed by atoms with Gasteiger partial charge in [-0.15, -0.1) is 11.8 Å². The highest BCUT2D eigenvalue weighted by Gasteiger charge is 2.42. The van der Waals surface area contributed by atoms with E-state index in [4.69, 9.17) is 0 Å².